The standard InChI is InChI=1S/C27H27N3O3/c1-16(31)27-20-9-5-6-10-22(20)29(28-27)15-26(33)30-23-12-19(23)13-24(30)25(32)14-18-11-21(18)17-7-3-2-4-8-17/h2-10,18-19,21,23-24H,11-15H2,1H3/t18-,19-,21-,23-,24+/m1/s1. The van der Waals surface area contributed by atoms with E-state index in [1.165, 1.54) is 12.5 Å². The van der Waals surface area contributed by atoms with Gasteiger partial charge in [-0.05, 0) is 48.6 Å². The lowest BCUT2D eigenvalue weighted by molar-refractivity contribution is -0.139. The van der Waals surface area contributed by atoms with E-state index in [9.17, 15) is 14.4 Å². The molecule has 1 saturated heterocycles. The maximum atomic E-state index is 13.4. The first kappa shape index (κ1) is 20.3. The third-order valence-corrected chi connectivity index (χ3v) is 7.65. The molecule has 1 aromatic heterocycles. The van der Waals surface area contributed by atoms with E-state index in [1.54, 1.807) is 4.68 Å². The van der Waals surface area contributed by atoms with Gasteiger partial charge in [0, 0.05) is 24.8 Å². The van der Waals surface area contributed by atoms with E-state index in [0.29, 0.717) is 29.9 Å². The fourth-order valence-corrected chi connectivity index (χ4v) is 5.80. The van der Waals surface area contributed by atoms with Crippen LogP contribution < -0.4 is 0 Å². The van der Waals surface area contributed by atoms with Crippen LogP contribution in [0.1, 0.15) is 54.6 Å². The number of hydrogen-bond donors (Lipinski definition) is 0. The van der Waals surface area contributed by atoms with E-state index in [0.717, 1.165) is 30.2 Å². The van der Waals surface area contributed by atoms with Crippen LogP contribution in [0.4, 0.5) is 0 Å². The maximum Gasteiger partial charge on any atom is 0.245 e. The number of nitrogens with zero attached hydrogens (tertiary/aromatic N) is 3. The third kappa shape index (κ3) is 3.58. The monoisotopic (exact) mass is 441 g/mol. The number of amides is 1. The lowest BCUT2D eigenvalue weighted by atomic mass is 10.00. The van der Waals surface area contributed by atoms with Crippen LogP contribution in [0.25, 0.3) is 10.9 Å². The van der Waals surface area contributed by atoms with E-state index in [4.69, 9.17) is 0 Å². The quantitative estimate of drug-likeness (QED) is 0.520. The van der Waals surface area contributed by atoms with Crippen LogP contribution in [0.5, 0.6) is 0 Å². The molecule has 2 aromatic carbocycles. The summed E-state index contributed by atoms with van der Waals surface area (Å²) in [5, 5.41) is 5.21. The molecule has 2 aliphatic carbocycles. The van der Waals surface area contributed by atoms with Gasteiger partial charge in [0.2, 0.25) is 5.91 Å². The average molecular weight is 442 g/mol. The summed E-state index contributed by atoms with van der Waals surface area (Å²) in [7, 11) is 0. The van der Waals surface area contributed by atoms with Crippen LogP contribution >= 0.6 is 0 Å². The molecular weight excluding hydrogens is 414 g/mol. The van der Waals surface area contributed by atoms with Crippen molar-refractivity contribution in [3.05, 3.63) is 65.9 Å². The van der Waals surface area contributed by atoms with E-state index in [-0.39, 0.29) is 36.1 Å². The summed E-state index contributed by atoms with van der Waals surface area (Å²) in [6.45, 7) is 1.54. The van der Waals surface area contributed by atoms with Gasteiger partial charge in [0.05, 0.1) is 11.6 Å². The highest BCUT2D eigenvalue weighted by Gasteiger charge is 2.56. The number of hydrogen-bond acceptors (Lipinski definition) is 4. The number of likely N-dealkylation sites (tertiary alicyclic amines) is 1. The molecule has 3 aliphatic rings. The number of piperidine rings is 1. The van der Waals surface area contributed by atoms with Crippen LogP contribution in [0, 0.1) is 11.8 Å². The maximum absolute atomic E-state index is 13.4. The molecule has 168 valence electrons. The summed E-state index contributed by atoms with van der Waals surface area (Å²) < 4.78 is 1.62. The molecule has 3 fully saturated rings. The van der Waals surface area contributed by atoms with Gasteiger partial charge in [0.15, 0.2) is 11.6 Å². The molecule has 5 atom stereocenters. The Labute approximate surface area is 192 Å². The summed E-state index contributed by atoms with van der Waals surface area (Å²) >= 11 is 0. The van der Waals surface area contributed by atoms with Crippen LogP contribution in [0.15, 0.2) is 54.6 Å². The molecule has 0 unspecified atom stereocenters. The van der Waals surface area contributed by atoms with Crippen LogP contribution in [0.3, 0.4) is 0 Å². The highest BCUT2D eigenvalue weighted by molar-refractivity contribution is 6.05. The summed E-state index contributed by atoms with van der Waals surface area (Å²) in [5.41, 5.74) is 2.47. The summed E-state index contributed by atoms with van der Waals surface area (Å²) in [6.07, 6.45) is 3.38. The van der Waals surface area contributed by atoms with Gasteiger partial charge < -0.3 is 4.90 Å². The van der Waals surface area contributed by atoms with Crippen molar-refractivity contribution in [2.75, 3.05) is 0 Å². The molecule has 2 saturated carbocycles. The Balaban J connectivity index is 1.18. The highest BCUT2D eigenvalue weighted by Crippen LogP contribution is 2.52. The van der Waals surface area contributed by atoms with Gasteiger partial charge in [-0.3, -0.25) is 19.1 Å². The van der Waals surface area contributed by atoms with Gasteiger partial charge in [-0.25, -0.2) is 0 Å². The smallest absolute Gasteiger partial charge is 0.245 e. The van der Waals surface area contributed by atoms with Crippen LogP contribution in [-0.4, -0.2) is 44.2 Å². The Morgan fingerprint density at radius 3 is 2.52 bits per heavy atom. The molecule has 1 amide bonds. The van der Waals surface area contributed by atoms with E-state index >= 15 is 0 Å². The third-order valence-electron chi connectivity index (χ3n) is 7.65. The number of ketones is 2. The molecule has 2 heterocycles. The van der Waals surface area contributed by atoms with Gasteiger partial charge >= 0.3 is 0 Å². The minimum atomic E-state index is -0.313. The van der Waals surface area contributed by atoms with Crippen molar-refractivity contribution in [2.45, 2.75) is 57.2 Å². The molecule has 6 rings (SSSR count). The minimum absolute atomic E-state index is 0.0524. The molecule has 6 heteroatoms. The van der Waals surface area contributed by atoms with Crippen molar-refractivity contribution in [3.63, 3.8) is 0 Å². The summed E-state index contributed by atoms with van der Waals surface area (Å²) in [4.78, 5) is 40.5. The van der Waals surface area contributed by atoms with Gasteiger partial charge in [-0.2, -0.15) is 5.10 Å². The fourth-order valence-electron chi connectivity index (χ4n) is 5.80. The fraction of sp³-hybridized carbons (Fsp3) is 0.407. The Bertz CT molecular complexity index is 1260. The first-order chi connectivity index (χ1) is 16.0. The molecule has 0 spiro atoms. The van der Waals surface area contributed by atoms with Crippen LogP contribution in [-0.2, 0) is 16.1 Å². The molecule has 3 aromatic rings. The van der Waals surface area contributed by atoms with Gasteiger partial charge in [-0.15, -0.1) is 0 Å². The average Bonchev–Trinajstić information content (AvgIpc) is 3.70. The van der Waals surface area contributed by atoms with Crippen molar-refractivity contribution >= 4 is 28.4 Å². The van der Waals surface area contributed by atoms with Gasteiger partial charge in [-0.1, -0.05) is 48.5 Å². The van der Waals surface area contributed by atoms with Crippen molar-refractivity contribution in [2.24, 2.45) is 11.8 Å². The van der Waals surface area contributed by atoms with E-state index in [1.807, 2.05) is 47.4 Å². The molecule has 0 N–H and O–H groups in total. The first-order valence-electron chi connectivity index (χ1n) is 11.9. The van der Waals surface area contributed by atoms with Gasteiger partial charge in [0.1, 0.15) is 12.2 Å². The highest BCUT2D eigenvalue weighted by atomic mass is 16.2. The normalized spacial score (nSPS) is 27.4. The summed E-state index contributed by atoms with van der Waals surface area (Å²) in [5.74, 6) is 1.32. The van der Waals surface area contributed by atoms with Crippen molar-refractivity contribution < 1.29 is 14.4 Å². The predicted octanol–water partition coefficient (Wildman–Crippen LogP) is 3.99. The number of aromatic nitrogens is 2. The Morgan fingerprint density at radius 1 is 0.970 bits per heavy atom. The SMILES string of the molecule is CC(=O)c1nn(CC(=O)N2[C@@H]3C[C@@H]3C[C@H]2C(=O)C[C@H]2C[C@@H]2c2ccccc2)c2ccccc12. The van der Waals surface area contributed by atoms with Crippen molar-refractivity contribution in [1.29, 1.82) is 0 Å². The van der Waals surface area contributed by atoms with Crippen LogP contribution in [0.2, 0.25) is 0 Å². The number of para-hydroxylation sites is 1. The number of carbonyl (C=O) groups is 3. The van der Waals surface area contributed by atoms with Crippen molar-refractivity contribution in [1.82, 2.24) is 14.7 Å². The second-order valence-electron chi connectivity index (χ2n) is 9.88. The molecule has 6 nitrogen and oxygen atoms in total. The first-order valence-corrected chi connectivity index (χ1v) is 11.9. The Morgan fingerprint density at radius 2 is 1.73 bits per heavy atom. The number of Topliss-reactive ketones (excluding diaryl/α,β-unsaturated/α-hetero) is 2. The molecule has 33 heavy (non-hydrogen) atoms. The second kappa shape index (κ2) is 7.65. The summed E-state index contributed by atoms with van der Waals surface area (Å²) in [6, 6.07) is 17.8. The zero-order valence-corrected chi connectivity index (χ0v) is 18.7. The number of benzene rings is 2. The van der Waals surface area contributed by atoms with E-state index in [2.05, 4.69) is 17.2 Å². The molecular formula is C27H27N3O3. The lowest BCUT2D eigenvalue weighted by Gasteiger charge is -2.27. The minimum Gasteiger partial charge on any atom is -0.328 e. The molecule has 1 aliphatic heterocycles. The second-order valence-corrected chi connectivity index (χ2v) is 9.88. The Hall–Kier alpha value is -3.28. The topological polar surface area (TPSA) is 72.3 Å². The van der Waals surface area contributed by atoms with Gasteiger partial charge in [0.25, 0.3) is 0 Å². The van der Waals surface area contributed by atoms with Crippen molar-refractivity contribution in [3.8, 4) is 0 Å². The largest absolute Gasteiger partial charge is 0.328 e. The number of fused-ring (bicyclic) bond motifs is 2. The number of carbonyl (C=O) groups excluding carboxylic acids is 3. The molecule has 0 bridgehead atoms. The zero-order valence-electron chi connectivity index (χ0n) is 18.7. The lowest BCUT2D eigenvalue weighted by Crippen LogP contribution is -2.44. The Kier molecular flexibility index (Phi) is 4.71. The molecule has 0 radical (unpaired) electrons. The zero-order chi connectivity index (χ0) is 22.7. The predicted molar refractivity (Wildman–Crippen MR) is 124 cm³/mol. The van der Waals surface area contributed by atoms with E-state index < -0.39 is 0 Å². The number of rotatable bonds is 7.